The van der Waals surface area contributed by atoms with Crippen LogP contribution in [0.5, 0.6) is 11.5 Å². The first kappa shape index (κ1) is 18.2. The number of carbonyl (C=O) groups excluding carboxylic acids is 3. The van der Waals surface area contributed by atoms with Gasteiger partial charge in [0.2, 0.25) is 17.3 Å². The van der Waals surface area contributed by atoms with Crippen molar-refractivity contribution in [2.75, 3.05) is 13.2 Å². The number of ether oxygens (including phenoxy) is 2. The molecule has 3 rings (SSSR count). The fraction of sp³-hybridized carbons (Fsp3) is 0.211. The lowest BCUT2D eigenvalue weighted by Crippen LogP contribution is -2.24. The molecule has 0 fully saturated rings. The fourth-order valence-corrected chi connectivity index (χ4v) is 2.71. The van der Waals surface area contributed by atoms with Gasteiger partial charge in [0.15, 0.2) is 23.0 Å². The van der Waals surface area contributed by atoms with Gasteiger partial charge in [-0.25, -0.2) is 0 Å². The number of hydrogen-bond donors (Lipinski definition) is 2. The largest absolute Gasteiger partial charge is 0.502 e. The van der Waals surface area contributed by atoms with E-state index in [4.69, 9.17) is 13.9 Å². The Labute approximate surface area is 153 Å². The van der Waals surface area contributed by atoms with Crippen molar-refractivity contribution in [3.05, 3.63) is 52.7 Å². The number of benzene rings is 1. The van der Waals surface area contributed by atoms with Gasteiger partial charge < -0.3 is 24.1 Å². The maximum Gasteiger partial charge on any atom is 0.271 e. The van der Waals surface area contributed by atoms with Crippen LogP contribution >= 0.6 is 0 Å². The highest BCUT2D eigenvalue weighted by Crippen LogP contribution is 2.34. The number of aliphatic hydroxyl groups excluding tert-OH is 2. The molecule has 1 heterocycles. The lowest BCUT2D eigenvalue weighted by Gasteiger charge is -2.12. The van der Waals surface area contributed by atoms with Crippen LogP contribution in [0.3, 0.4) is 0 Å². The van der Waals surface area contributed by atoms with E-state index in [0.717, 1.165) is 6.26 Å². The molecule has 27 heavy (non-hydrogen) atoms. The molecule has 140 valence electrons. The number of ketones is 3. The second-order valence-electron chi connectivity index (χ2n) is 5.57. The van der Waals surface area contributed by atoms with Crippen LogP contribution in [-0.2, 0) is 4.79 Å². The van der Waals surface area contributed by atoms with E-state index in [-0.39, 0.29) is 16.7 Å². The zero-order valence-electron chi connectivity index (χ0n) is 14.6. The minimum Gasteiger partial charge on any atom is -0.502 e. The summed E-state index contributed by atoms with van der Waals surface area (Å²) in [5, 5.41) is 19.3. The first-order chi connectivity index (χ1) is 12.9. The van der Waals surface area contributed by atoms with Crippen molar-refractivity contribution in [1.82, 2.24) is 0 Å². The molecule has 0 saturated heterocycles. The molecule has 2 aromatic rings. The first-order valence-electron chi connectivity index (χ1n) is 8.18. The van der Waals surface area contributed by atoms with Gasteiger partial charge in [-0.1, -0.05) is 0 Å². The molecule has 1 aromatic heterocycles. The molecule has 2 N–H and O–H groups in total. The molecule has 1 aromatic carbocycles. The minimum absolute atomic E-state index is 0.170. The zero-order valence-corrected chi connectivity index (χ0v) is 14.6. The smallest absolute Gasteiger partial charge is 0.271 e. The highest BCUT2D eigenvalue weighted by molar-refractivity contribution is 6.52. The fourth-order valence-electron chi connectivity index (χ4n) is 2.71. The minimum atomic E-state index is -1.31. The molecule has 8 heteroatoms. The van der Waals surface area contributed by atoms with Gasteiger partial charge in [0.25, 0.3) is 5.78 Å². The summed E-state index contributed by atoms with van der Waals surface area (Å²) in [7, 11) is 0. The van der Waals surface area contributed by atoms with Gasteiger partial charge in [-0.2, -0.15) is 0 Å². The van der Waals surface area contributed by atoms with Crippen LogP contribution in [-0.4, -0.2) is 40.8 Å². The quantitative estimate of drug-likeness (QED) is 0.586. The summed E-state index contributed by atoms with van der Waals surface area (Å²) >= 11 is 0. The average Bonchev–Trinajstić information content (AvgIpc) is 3.11. The van der Waals surface area contributed by atoms with Crippen molar-refractivity contribution in [2.45, 2.75) is 13.8 Å². The van der Waals surface area contributed by atoms with Crippen molar-refractivity contribution >= 4 is 23.1 Å². The second-order valence-corrected chi connectivity index (χ2v) is 5.57. The van der Waals surface area contributed by atoms with Crippen molar-refractivity contribution in [3.63, 3.8) is 0 Å². The van der Waals surface area contributed by atoms with Gasteiger partial charge in [-0.3, -0.25) is 14.4 Å². The zero-order chi connectivity index (χ0) is 19.7. The number of rotatable bonds is 6. The SMILES string of the molecule is CCOc1ccc(C(=O)c2coc3c2C(=O)C(=O)C(O)=C3O)cc1OCC. The Bertz CT molecular complexity index is 980. The second kappa shape index (κ2) is 6.99. The van der Waals surface area contributed by atoms with E-state index in [1.165, 1.54) is 12.1 Å². The topological polar surface area (TPSA) is 123 Å². The molecule has 1 aliphatic carbocycles. The van der Waals surface area contributed by atoms with Crippen LogP contribution in [0.2, 0.25) is 0 Å². The van der Waals surface area contributed by atoms with Crippen LogP contribution in [0.25, 0.3) is 5.76 Å². The predicted octanol–water partition coefficient (Wildman–Crippen LogP) is 2.86. The highest BCUT2D eigenvalue weighted by Gasteiger charge is 2.39. The van der Waals surface area contributed by atoms with Crippen LogP contribution in [0.15, 0.2) is 34.6 Å². The standard InChI is InChI=1S/C19H16O8/c1-3-25-11-6-5-9(7-12(11)26-4-2)14(20)10-8-27-19-13(10)15(21)16(22)17(23)18(19)24/h5-8,23-24H,3-4H2,1-2H3. The van der Waals surface area contributed by atoms with Gasteiger partial charge in [0.1, 0.15) is 6.26 Å². The lowest BCUT2D eigenvalue weighted by molar-refractivity contribution is -0.114. The Hall–Kier alpha value is -3.55. The molecule has 0 amide bonds. The maximum absolute atomic E-state index is 12.9. The van der Waals surface area contributed by atoms with Crippen molar-refractivity contribution in [3.8, 4) is 11.5 Å². The Morgan fingerprint density at radius 2 is 1.67 bits per heavy atom. The van der Waals surface area contributed by atoms with E-state index in [0.29, 0.717) is 24.7 Å². The summed E-state index contributed by atoms with van der Waals surface area (Å²) in [6.45, 7) is 4.35. The van der Waals surface area contributed by atoms with Crippen molar-refractivity contribution in [2.24, 2.45) is 0 Å². The van der Waals surface area contributed by atoms with Crippen molar-refractivity contribution < 1.29 is 38.5 Å². The molecular weight excluding hydrogens is 356 g/mol. The molecule has 1 aliphatic rings. The van der Waals surface area contributed by atoms with Gasteiger partial charge >= 0.3 is 0 Å². The van der Waals surface area contributed by atoms with Crippen molar-refractivity contribution in [1.29, 1.82) is 0 Å². The van der Waals surface area contributed by atoms with E-state index < -0.39 is 34.6 Å². The summed E-state index contributed by atoms with van der Waals surface area (Å²) in [5.74, 6) is -4.65. The summed E-state index contributed by atoms with van der Waals surface area (Å²) in [5.41, 5.74) is -0.412. The molecule has 0 aliphatic heterocycles. The number of aliphatic hydroxyl groups is 2. The lowest BCUT2D eigenvalue weighted by atomic mass is 9.92. The summed E-state index contributed by atoms with van der Waals surface area (Å²) < 4.78 is 16.0. The summed E-state index contributed by atoms with van der Waals surface area (Å²) in [4.78, 5) is 36.8. The third-order valence-electron chi connectivity index (χ3n) is 3.93. The van der Waals surface area contributed by atoms with Crippen LogP contribution in [0.4, 0.5) is 0 Å². The summed E-state index contributed by atoms with van der Waals surface area (Å²) in [6.07, 6.45) is 0.962. The molecule has 0 saturated carbocycles. The van der Waals surface area contributed by atoms with Gasteiger partial charge in [0.05, 0.1) is 24.3 Å². The number of fused-ring (bicyclic) bond motifs is 1. The Morgan fingerprint density at radius 1 is 1.00 bits per heavy atom. The predicted molar refractivity (Wildman–Crippen MR) is 92.4 cm³/mol. The third-order valence-corrected chi connectivity index (χ3v) is 3.93. The number of Topliss-reactive ketones (excluding diaryl/α,β-unsaturated/α-hetero) is 2. The van der Waals surface area contributed by atoms with Gasteiger partial charge in [0, 0.05) is 5.56 Å². The van der Waals surface area contributed by atoms with Crippen LogP contribution in [0.1, 0.15) is 45.9 Å². The Balaban J connectivity index is 2.06. The molecular formula is C19H16O8. The number of allylic oxidation sites excluding steroid dienone is 1. The van der Waals surface area contributed by atoms with E-state index in [1.807, 2.05) is 6.92 Å². The van der Waals surface area contributed by atoms with Gasteiger partial charge in [-0.05, 0) is 32.0 Å². The van der Waals surface area contributed by atoms with E-state index in [2.05, 4.69) is 0 Å². The summed E-state index contributed by atoms with van der Waals surface area (Å²) in [6, 6.07) is 4.50. The van der Waals surface area contributed by atoms with Crippen LogP contribution in [0, 0.1) is 0 Å². The molecule has 0 radical (unpaired) electrons. The molecule has 0 unspecified atom stereocenters. The van der Waals surface area contributed by atoms with E-state index >= 15 is 0 Å². The van der Waals surface area contributed by atoms with E-state index in [9.17, 15) is 24.6 Å². The molecule has 0 spiro atoms. The monoisotopic (exact) mass is 372 g/mol. The molecule has 0 atom stereocenters. The van der Waals surface area contributed by atoms with E-state index in [1.54, 1.807) is 13.0 Å². The highest BCUT2D eigenvalue weighted by atomic mass is 16.5. The molecule has 0 bridgehead atoms. The third kappa shape index (κ3) is 2.95. The number of carbonyl (C=O) groups is 3. The Kier molecular flexibility index (Phi) is 4.72. The van der Waals surface area contributed by atoms with Gasteiger partial charge in [-0.15, -0.1) is 0 Å². The number of furan rings is 1. The normalized spacial score (nSPS) is 13.6. The van der Waals surface area contributed by atoms with Crippen LogP contribution < -0.4 is 9.47 Å². The first-order valence-corrected chi connectivity index (χ1v) is 8.18. The average molecular weight is 372 g/mol. The maximum atomic E-state index is 12.9. The molecule has 8 nitrogen and oxygen atoms in total. The number of hydrogen-bond acceptors (Lipinski definition) is 8. The Morgan fingerprint density at radius 3 is 2.33 bits per heavy atom.